The Hall–Kier alpha value is -3.41. The van der Waals surface area contributed by atoms with E-state index in [0.29, 0.717) is 29.3 Å². The first-order valence-corrected chi connectivity index (χ1v) is 11.8. The van der Waals surface area contributed by atoms with Crippen LogP contribution in [0.3, 0.4) is 0 Å². The molecule has 0 bridgehead atoms. The molecule has 11 nitrogen and oxygen atoms in total. The van der Waals surface area contributed by atoms with Gasteiger partial charge >= 0.3 is 7.82 Å². The third kappa shape index (κ3) is 8.39. The van der Waals surface area contributed by atoms with E-state index < -0.39 is 13.6 Å². The maximum absolute atomic E-state index is 13.6. The lowest BCUT2D eigenvalue weighted by Gasteiger charge is -2.08. The lowest BCUT2D eigenvalue weighted by Crippen LogP contribution is -2.09. The molecule has 0 amide bonds. The van der Waals surface area contributed by atoms with Gasteiger partial charge in [-0.2, -0.15) is 0 Å². The molecule has 4 N–H and O–H groups in total. The maximum Gasteiger partial charge on any atom is 0.473 e. The molecule has 35 heavy (non-hydrogen) atoms. The number of aromatic nitrogens is 3. The van der Waals surface area contributed by atoms with E-state index >= 15 is 0 Å². The molecule has 186 valence electrons. The van der Waals surface area contributed by atoms with Crippen molar-refractivity contribution in [2.45, 2.75) is 13.0 Å². The topological polar surface area (TPSA) is 155 Å². The Morgan fingerprint density at radius 3 is 2.91 bits per heavy atom. The molecule has 3 aromatic heterocycles. The molecule has 0 aromatic carbocycles. The van der Waals surface area contributed by atoms with E-state index in [1.54, 1.807) is 30.5 Å². The second kappa shape index (κ2) is 12.9. The first-order valence-electron chi connectivity index (χ1n) is 10.4. The summed E-state index contributed by atoms with van der Waals surface area (Å²) in [5.74, 6) is 0.425. The number of nitrogens with two attached hydrogens (primary N) is 1. The van der Waals surface area contributed by atoms with Crippen LogP contribution in [0.5, 0.6) is 5.88 Å². The second-order valence-electron chi connectivity index (χ2n) is 6.97. The van der Waals surface area contributed by atoms with Gasteiger partial charge in [-0.25, -0.2) is 13.9 Å². The summed E-state index contributed by atoms with van der Waals surface area (Å²) in [7, 11) is -2.95. The first kappa shape index (κ1) is 26.2. The van der Waals surface area contributed by atoms with Gasteiger partial charge in [0, 0.05) is 50.2 Å². The summed E-state index contributed by atoms with van der Waals surface area (Å²) < 4.78 is 44.6. The highest BCUT2D eigenvalue weighted by molar-refractivity contribution is 7.47. The van der Waals surface area contributed by atoms with E-state index in [1.165, 1.54) is 24.5 Å². The van der Waals surface area contributed by atoms with Crippen molar-refractivity contribution < 1.29 is 32.2 Å². The monoisotopic (exact) mass is 505 g/mol. The number of rotatable bonds is 13. The molecule has 0 fully saturated rings. The predicted molar refractivity (Wildman–Crippen MR) is 124 cm³/mol. The van der Waals surface area contributed by atoms with Crippen molar-refractivity contribution in [3.63, 3.8) is 0 Å². The molecule has 0 saturated carbocycles. The molecule has 13 heteroatoms. The largest absolute Gasteiger partial charge is 0.473 e. The van der Waals surface area contributed by atoms with Crippen molar-refractivity contribution >= 4 is 13.4 Å². The fourth-order valence-electron chi connectivity index (χ4n) is 2.73. The third-order valence-electron chi connectivity index (χ3n) is 4.52. The van der Waals surface area contributed by atoms with Crippen LogP contribution in [0.15, 0.2) is 65.6 Å². The van der Waals surface area contributed by atoms with Crippen molar-refractivity contribution in [1.29, 1.82) is 0 Å². The zero-order chi connectivity index (χ0) is 25.1. The molecule has 0 spiro atoms. The Morgan fingerprint density at radius 1 is 1.34 bits per heavy atom. The van der Waals surface area contributed by atoms with Gasteiger partial charge in [0.25, 0.3) is 0 Å². The van der Waals surface area contributed by atoms with Crippen LogP contribution >= 0.6 is 7.82 Å². The van der Waals surface area contributed by atoms with Gasteiger partial charge in [-0.3, -0.25) is 14.0 Å². The van der Waals surface area contributed by atoms with Gasteiger partial charge < -0.3 is 25.2 Å². The fourth-order valence-corrected chi connectivity index (χ4v) is 3.07. The van der Waals surface area contributed by atoms with Gasteiger partial charge in [0.1, 0.15) is 24.8 Å². The normalized spacial score (nSPS) is 13.7. The summed E-state index contributed by atoms with van der Waals surface area (Å²) in [6, 6.07) is 8.13. The van der Waals surface area contributed by atoms with E-state index in [0.717, 1.165) is 12.7 Å². The minimum absolute atomic E-state index is 0.0216. The van der Waals surface area contributed by atoms with E-state index in [1.807, 2.05) is 6.07 Å². The minimum atomic E-state index is -4.02. The molecule has 3 aromatic rings. The summed E-state index contributed by atoms with van der Waals surface area (Å²) >= 11 is 0. The van der Waals surface area contributed by atoms with Gasteiger partial charge in [-0.15, -0.1) is 0 Å². The quantitative estimate of drug-likeness (QED) is 0.136. The number of pyridine rings is 2. The van der Waals surface area contributed by atoms with E-state index in [2.05, 4.69) is 29.5 Å². The zero-order valence-electron chi connectivity index (χ0n) is 18.8. The Kier molecular flexibility index (Phi) is 9.65. The van der Waals surface area contributed by atoms with Crippen LogP contribution in [-0.4, -0.2) is 40.4 Å². The van der Waals surface area contributed by atoms with Crippen LogP contribution in [-0.2, 0) is 26.6 Å². The fraction of sp³-hybridized carbons (Fsp3) is 0.227. The van der Waals surface area contributed by atoms with Crippen LogP contribution in [0.4, 0.5) is 4.39 Å². The highest BCUT2D eigenvalue weighted by Gasteiger charge is 2.17. The number of halogens is 1. The highest BCUT2D eigenvalue weighted by atomic mass is 31.2. The number of hydrogen-bond acceptors (Lipinski definition) is 10. The number of phosphoric acid groups is 1. The summed E-state index contributed by atoms with van der Waals surface area (Å²) in [5.41, 5.74) is 8.26. The van der Waals surface area contributed by atoms with E-state index in [9.17, 15) is 8.96 Å². The zero-order valence-corrected chi connectivity index (χ0v) is 19.7. The SMILES string of the molecule is COP(=O)(O)OCN/C=C\C=C(/CN)c1cc(Cc2ccc(OCc3ncccc3F)nc2)no1. The third-order valence-corrected chi connectivity index (χ3v) is 5.44. The summed E-state index contributed by atoms with van der Waals surface area (Å²) in [6.45, 7) is -0.0318. The van der Waals surface area contributed by atoms with Crippen LogP contribution in [0.25, 0.3) is 5.57 Å². The number of phosphoric ester groups is 1. The molecule has 1 unspecified atom stereocenters. The standard InChI is InChI=1S/C22H25FN5O6P/c1-31-35(29,30)33-15-25-8-2-4-17(12-24)21-11-18(28-34-21)10-16-6-7-22(27-13-16)32-14-20-19(23)5-3-9-26-20/h2-9,11,13,25H,10,12,14-15,24H2,1H3,(H,29,30)/b8-2-,17-4+. The first-order chi connectivity index (χ1) is 16.9. The van der Waals surface area contributed by atoms with Gasteiger partial charge in [0.2, 0.25) is 5.88 Å². The average molecular weight is 505 g/mol. The Morgan fingerprint density at radius 2 is 2.20 bits per heavy atom. The summed E-state index contributed by atoms with van der Waals surface area (Å²) in [6.07, 6.45) is 8.48. The molecule has 0 aliphatic carbocycles. The minimum Gasteiger partial charge on any atom is -0.471 e. The summed E-state index contributed by atoms with van der Waals surface area (Å²) in [5, 5.41) is 6.75. The van der Waals surface area contributed by atoms with Crippen molar-refractivity contribution in [1.82, 2.24) is 20.4 Å². The molecule has 0 saturated heterocycles. The molecular weight excluding hydrogens is 480 g/mol. The van der Waals surface area contributed by atoms with Crippen LogP contribution in [0.1, 0.15) is 22.7 Å². The van der Waals surface area contributed by atoms with Crippen molar-refractivity contribution in [3.05, 3.63) is 89.6 Å². The van der Waals surface area contributed by atoms with Gasteiger partial charge in [0.15, 0.2) is 5.76 Å². The van der Waals surface area contributed by atoms with Gasteiger partial charge in [-0.1, -0.05) is 17.3 Å². The highest BCUT2D eigenvalue weighted by Crippen LogP contribution is 2.41. The Labute approximate surface area is 201 Å². The van der Waals surface area contributed by atoms with E-state index in [4.69, 9.17) is 19.9 Å². The number of allylic oxidation sites excluding steroid dienone is 2. The Bertz CT molecular complexity index is 1200. The van der Waals surface area contributed by atoms with Crippen molar-refractivity contribution in [3.8, 4) is 5.88 Å². The number of hydrogen-bond donors (Lipinski definition) is 3. The molecule has 3 rings (SSSR count). The molecule has 3 heterocycles. The lowest BCUT2D eigenvalue weighted by molar-refractivity contribution is 0.168. The molecular formula is C22H25FN5O6P. The van der Waals surface area contributed by atoms with Crippen molar-refractivity contribution in [2.75, 3.05) is 20.4 Å². The molecule has 0 aliphatic heterocycles. The average Bonchev–Trinajstić information content (AvgIpc) is 3.32. The Balaban J connectivity index is 1.51. The second-order valence-corrected chi connectivity index (χ2v) is 8.53. The number of nitrogens with one attached hydrogen (secondary N) is 1. The lowest BCUT2D eigenvalue weighted by atomic mass is 10.1. The maximum atomic E-state index is 13.6. The smallest absolute Gasteiger partial charge is 0.471 e. The predicted octanol–water partition coefficient (Wildman–Crippen LogP) is 2.94. The molecule has 1 atom stereocenters. The van der Waals surface area contributed by atoms with Crippen molar-refractivity contribution in [2.24, 2.45) is 5.73 Å². The summed E-state index contributed by atoms with van der Waals surface area (Å²) in [4.78, 5) is 17.3. The number of nitrogens with zero attached hydrogens (tertiary/aromatic N) is 3. The number of ether oxygens (including phenoxy) is 1. The molecule has 0 radical (unpaired) electrons. The molecule has 0 aliphatic rings. The van der Waals surface area contributed by atoms with Gasteiger partial charge in [-0.05, 0) is 30.0 Å². The van der Waals surface area contributed by atoms with Crippen LogP contribution < -0.4 is 15.8 Å². The van der Waals surface area contributed by atoms with Gasteiger partial charge in [0.05, 0.1) is 5.69 Å². The van der Waals surface area contributed by atoms with E-state index in [-0.39, 0.29) is 25.6 Å². The van der Waals surface area contributed by atoms with Crippen LogP contribution in [0.2, 0.25) is 0 Å². The van der Waals surface area contributed by atoms with Crippen LogP contribution in [0, 0.1) is 5.82 Å².